The number of hydrogen-bond acceptors (Lipinski definition) is 5. The van der Waals surface area contributed by atoms with E-state index in [1.807, 2.05) is 0 Å². The van der Waals surface area contributed by atoms with E-state index in [1.165, 1.54) is 4.68 Å². The van der Waals surface area contributed by atoms with Crippen molar-refractivity contribution in [1.29, 1.82) is 0 Å². The fourth-order valence-corrected chi connectivity index (χ4v) is 2.70. The first-order valence-electron chi connectivity index (χ1n) is 7.51. The van der Waals surface area contributed by atoms with Crippen molar-refractivity contribution in [2.75, 3.05) is 0 Å². The second kappa shape index (κ2) is 6.30. The summed E-state index contributed by atoms with van der Waals surface area (Å²) in [5.41, 5.74) is 1.22. The van der Waals surface area contributed by atoms with Gasteiger partial charge in [-0.25, -0.2) is 13.5 Å². The largest absolute Gasteiger partial charge is 0.332 e. The van der Waals surface area contributed by atoms with Gasteiger partial charge < -0.3 is 4.52 Å². The summed E-state index contributed by atoms with van der Waals surface area (Å²) >= 11 is 6.13. The van der Waals surface area contributed by atoms with Crippen molar-refractivity contribution in [1.82, 2.24) is 25.1 Å². The van der Waals surface area contributed by atoms with E-state index in [9.17, 15) is 8.78 Å². The molecule has 0 bridgehead atoms. The Labute approximate surface area is 151 Å². The number of aromatic nitrogens is 5. The van der Waals surface area contributed by atoms with Crippen LogP contribution in [0, 0.1) is 18.6 Å². The second-order valence-corrected chi connectivity index (χ2v) is 5.84. The maximum Gasteiger partial charge on any atom is 0.280 e. The van der Waals surface area contributed by atoms with Crippen LogP contribution >= 0.6 is 11.6 Å². The van der Waals surface area contributed by atoms with Crippen LogP contribution in [0.4, 0.5) is 8.78 Å². The highest BCUT2D eigenvalue weighted by Gasteiger charge is 2.21. The van der Waals surface area contributed by atoms with Gasteiger partial charge >= 0.3 is 0 Å². The second-order valence-electron chi connectivity index (χ2n) is 5.43. The topological polar surface area (TPSA) is 69.6 Å². The third kappa shape index (κ3) is 2.74. The first kappa shape index (κ1) is 16.3. The van der Waals surface area contributed by atoms with Crippen LogP contribution in [0.1, 0.15) is 5.69 Å². The molecule has 4 rings (SSSR count). The Morgan fingerprint density at radius 1 is 1.12 bits per heavy atom. The van der Waals surface area contributed by atoms with Gasteiger partial charge in [0.2, 0.25) is 5.82 Å². The van der Waals surface area contributed by atoms with Gasteiger partial charge in [-0.15, -0.1) is 5.10 Å². The van der Waals surface area contributed by atoms with Gasteiger partial charge in [0.15, 0.2) is 5.69 Å². The molecule has 9 heteroatoms. The summed E-state index contributed by atoms with van der Waals surface area (Å²) in [6, 6.07) is 10.1. The Kier molecular flexibility index (Phi) is 3.96. The standard InChI is InChI=1S/C17H10ClF2N5O/c1-9-15(22-24-25(9)14-8-10(19)6-7-13(14)20)17-21-16(23-26-17)11-4-2-3-5-12(11)18/h2-8H,1H3. The molecule has 0 saturated heterocycles. The number of halogens is 3. The van der Waals surface area contributed by atoms with Crippen molar-refractivity contribution in [3.63, 3.8) is 0 Å². The molecule has 26 heavy (non-hydrogen) atoms. The van der Waals surface area contributed by atoms with Crippen molar-refractivity contribution < 1.29 is 13.3 Å². The predicted molar refractivity (Wildman–Crippen MR) is 89.8 cm³/mol. The summed E-state index contributed by atoms with van der Waals surface area (Å²) in [5.74, 6) is -0.832. The average Bonchev–Trinajstić information content (AvgIpc) is 3.24. The Bertz CT molecular complexity index is 1110. The van der Waals surface area contributed by atoms with Crippen molar-refractivity contribution in [3.8, 4) is 28.7 Å². The third-order valence-electron chi connectivity index (χ3n) is 3.77. The fraction of sp³-hybridized carbons (Fsp3) is 0.0588. The molecule has 4 aromatic rings. The van der Waals surface area contributed by atoms with Crippen molar-refractivity contribution in [2.24, 2.45) is 0 Å². The van der Waals surface area contributed by atoms with Crippen molar-refractivity contribution in [3.05, 3.63) is 64.8 Å². The molecule has 0 atom stereocenters. The maximum atomic E-state index is 14.0. The van der Waals surface area contributed by atoms with E-state index in [0.717, 1.165) is 18.2 Å². The third-order valence-corrected chi connectivity index (χ3v) is 4.10. The van der Waals surface area contributed by atoms with Crippen LogP contribution in [0.5, 0.6) is 0 Å². The Balaban J connectivity index is 1.76. The normalized spacial score (nSPS) is 11.1. The monoisotopic (exact) mass is 373 g/mol. The summed E-state index contributed by atoms with van der Waals surface area (Å²) in [7, 11) is 0. The highest BCUT2D eigenvalue weighted by molar-refractivity contribution is 6.33. The van der Waals surface area contributed by atoms with Gasteiger partial charge in [-0.1, -0.05) is 34.1 Å². The Morgan fingerprint density at radius 3 is 2.73 bits per heavy atom. The average molecular weight is 374 g/mol. The molecule has 0 fully saturated rings. The van der Waals surface area contributed by atoms with Gasteiger partial charge in [0.05, 0.1) is 10.7 Å². The molecule has 2 aromatic carbocycles. The lowest BCUT2D eigenvalue weighted by Gasteiger charge is -2.04. The van der Waals surface area contributed by atoms with Crippen LogP contribution in [-0.4, -0.2) is 25.1 Å². The van der Waals surface area contributed by atoms with Gasteiger partial charge in [0.1, 0.15) is 17.3 Å². The molecule has 0 spiro atoms. The molecule has 0 unspecified atom stereocenters. The van der Waals surface area contributed by atoms with Crippen LogP contribution in [-0.2, 0) is 0 Å². The molecule has 6 nitrogen and oxygen atoms in total. The van der Waals surface area contributed by atoms with Crippen LogP contribution < -0.4 is 0 Å². The summed E-state index contributed by atoms with van der Waals surface area (Å²) in [6.07, 6.45) is 0. The van der Waals surface area contributed by atoms with Gasteiger partial charge in [-0.3, -0.25) is 0 Å². The minimum atomic E-state index is -0.631. The zero-order valence-electron chi connectivity index (χ0n) is 13.3. The first-order chi connectivity index (χ1) is 12.5. The van der Waals surface area contributed by atoms with Crippen LogP contribution in [0.3, 0.4) is 0 Å². The molecule has 0 aliphatic heterocycles. The molecule has 0 aliphatic rings. The molecule has 0 N–H and O–H groups in total. The molecule has 2 aromatic heterocycles. The van der Waals surface area contributed by atoms with E-state index in [0.29, 0.717) is 16.3 Å². The Hall–Kier alpha value is -3.13. The molecule has 0 radical (unpaired) electrons. The smallest absolute Gasteiger partial charge is 0.280 e. The van der Waals surface area contributed by atoms with Crippen LogP contribution in [0.15, 0.2) is 47.0 Å². The van der Waals surface area contributed by atoms with Crippen LogP contribution in [0.25, 0.3) is 28.7 Å². The number of rotatable bonds is 3. The molecular weight excluding hydrogens is 364 g/mol. The van der Waals surface area contributed by atoms with E-state index in [4.69, 9.17) is 16.1 Å². The van der Waals surface area contributed by atoms with Crippen molar-refractivity contribution in [2.45, 2.75) is 6.92 Å². The highest BCUT2D eigenvalue weighted by Crippen LogP contribution is 2.28. The summed E-state index contributed by atoms with van der Waals surface area (Å²) < 4.78 is 33.9. The molecule has 2 heterocycles. The van der Waals surface area contributed by atoms with Gasteiger partial charge in [0, 0.05) is 11.6 Å². The summed E-state index contributed by atoms with van der Waals surface area (Å²) in [6.45, 7) is 1.64. The molecule has 0 amide bonds. The van der Waals surface area contributed by atoms with Crippen LogP contribution in [0.2, 0.25) is 5.02 Å². The molecule has 0 aliphatic carbocycles. The minimum absolute atomic E-state index is 0.0629. The fourth-order valence-electron chi connectivity index (χ4n) is 2.48. The van der Waals surface area contributed by atoms with Gasteiger partial charge in [0.25, 0.3) is 5.89 Å². The zero-order chi connectivity index (χ0) is 18.3. The number of benzene rings is 2. The zero-order valence-corrected chi connectivity index (χ0v) is 14.1. The summed E-state index contributed by atoms with van der Waals surface area (Å²) in [5, 5.41) is 12.2. The number of nitrogens with zero attached hydrogens (tertiary/aromatic N) is 5. The molecule has 0 saturated carbocycles. The van der Waals surface area contributed by atoms with Crippen molar-refractivity contribution >= 4 is 11.6 Å². The van der Waals surface area contributed by atoms with E-state index in [2.05, 4.69) is 20.5 Å². The number of hydrogen-bond donors (Lipinski definition) is 0. The van der Waals surface area contributed by atoms with Gasteiger partial charge in [-0.05, 0) is 31.2 Å². The lowest BCUT2D eigenvalue weighted by atomic mass is 10.2. The lowest BCUT2D eigenvalue weighted by molar-refractivity contribution is 0.430. The molecule has 130 valence electrons. The Morgan fingerprint density at radius 2 is 1.92 bits per heavy atom. The van der Waals surface area contributed by atoms with E-state index in [-0.39, 0.29) is 23.1 Å². The first-order valence-corrected chi connectivity index (χ1v) is 7.89. The van der Waals surface area contributed by atoms with E-state index >= 15 is 0 Å². The maximum absolute atomic E-state index is 14.0. The van der Waals surface area contributed by atoms with E-state index in [1.54, 1.807) is 31.2 Å². The van der Waals surface area contributed by atoms with Gasteiger partial charge in [-0.2, -0.15) is 4.98 Å². The quantitative estimate of drug-likeness (QED) is 0.537. The highest BCUT2D eigenvalue weighted by atomic mass is 35.5. The predicted octanol–water partition coefficient (Wildman–Crippen LogP) is 4.22. The SMILES string of the molecule is Cc1c(-c2nc(-c3ccccc3Cl)no2)nnn1-c1cc(F)ccc1F. The van der Waals surface area contributed by atoms with E-state index < -0.39 is 11.6 Å². The minimum Gasteiger partial charge on any atom is -0.332 e. The lowest BCUT2D eigenvalue weighted by Crippen LogP contribution is -2.03. The summed E-state index contributed by atoms with van der Waals surface area (Å²) in [4.78, 5) is 4.27. The molecular formula is C17H10ClF2N5O.